The number of halogens is 2. The summed E-state index contributed by atoms with van der Waals surface area (Å²) in [5, 5.41) is 4.21. The van der Waals surface area contributed by atoms with Crippen LogP contribution < -0.4 is 15.8 Å². The lowest BCUT2D eigenvalue weighted by Crippen LogP contribution is -2.51. The molecule has 8 heteroatoms. The molecule has 3 N–H and O–H groups in total. The number of nitrogens with two attached hydrogens (primary N) is 1. The van der Waals surface area contributed by atoms with Crippen LogP contribution >= 0.6 is 23.2 Å². The summed E-state index contributed by atoms with van der Waals surface area (Å²) in [4.78, 5) is 19.1. The lowest BCUT2D eigenvalue weighted by molar-refractivity contribution is -0.136. The first-order chi connectivity index (χ1) is 13.9. The Morgan fingerprint density at radius 1 is 1.24 bits per heavy atom. The van der Waals surface area contributed by atoms with Crippen LogP contribution in [0.5, 0.6) is 5.88 Å². The number of aromatic nitrogens is 1. The van der Waals surface area contributed by atoms with Crippen LogP contribution in [0, 0.1) is 11.8 Å². The fourth-order valence-electron chi connectivity index (χ4n) is 4.04. The number of ether oxygens (including phenoxy) is 1. The Kier molecular flexibility index (Phi) is 5.86. The average Bonchev–Trinajstić information content (AvgIpc) is 3.10. The molecular formula is C21H24Cl2N4O2. The van der Waals surface area contributed by atoms with E-state index in [1.807, 2.05) is 30.0 Å². The van der Waals surface area contributed by atoms with Gasteiger partial charge in [-0.15, -0.1) is 0 Å². The largest absolute Gasteiger partial charge is 0.474 e. The molecule has 0 saturated carbocycles. The van der Waals surface area contributed by atoms with Gasteiger partial charge in [-0.2, -0.15) is 0 Å². The van der Waals surface area contributed by atoms with Gasteiger partial charge < -0.3 is 20.7 Å². The maximum absolute atomic E-state index is 12.9. The fourth-order valence-corrected chi connectivity index (χ4v) is 4.35. The Balaban J connectivity index is 1.57. The molecule has 2 fully saturated rings. The van der Waals surface area contributed by atoms with E-state index < -0.39 is 0 Å². The van der Waals surface area contributed by atoms with Crippen molar-refractivity contribution in [2.75, 3.05) is 31.9 Å². The Morgan fingerprint density at radius 2 is 2.03 bits per heavy atom. The lowest BCUT2D eigenvalue weighted by Gasteiger charge is -2.30. The zero-order valence-electron chi connectivity index (χ0n) is 16.1. The number of nitrogens with one attached hydrogen (secondary N) is 1. The third kappa shape index (κ3) is 4.29. The number of pyridine rings is 1. The molecule has 1 amide bonds. The molecule has 3 atom stereocenters. The van der Waals surface area contributed by atoms with Gasteiger partial charge >= 0.3 is 0 Å². The molecule has 0 bridgehead atoms. The maximum atomic E-state index is 12.9. The summed E-state index contributed by atoms with van der Waals surface area (Å²) in [7, 11) is 0. The number of likely N-dealkylation sites (tertiary alicyclic amines) is 1. The third-order valence-corrected chi connectivity index (χ3v) is 6.59. The molecule has 6 nitrogen and oxygen atoms in total. The third-order valence-electron chi connectivity index (χ3n) is 5.85. The van der Waals surface area contributed by atoms with Crippen molar-refractivity contribution < 1.29 is 9.53 Å². The summed E-state index contributed by atoms with van der Waals surface area (Å²) < 4.78 is 6.11. The summed E-state index contributed by atoms with van der Waals surface area (Å²) in [6.07, 6.45) is 1.43. The van der Waals surface area contributed by atoms with Gasteiger partial charge in [-0.1, -0.05) is 29.3 Å². The monoisotopic (exact) mass is 434 g/mol. The Morgan fingerprint density at radius 3 is 2.66 bits per heavy atom. The van der Waals surface area contributed by atoms with Crippen molar-refractivity contribution in [3.05, 3.63) is 52.1 Å². The van der Waals surface area contributed by atoms with Crippen LogP contribution in [0.2, 0.25) is 10.0 Å². The van der Waals surface area contributed by atoms with Gasteiger partial charge in [0.2, 0.25) is 11.8 Å². The number of carbonyl (C=O) groups is 1. The molecule has 2 aliphatic heterocycles. The number of nitrogen functional groups attached to an aromatic ring is 1. The number of rotatable bonds is 5. The number of anilines is 1. The Labute approximate surface area is 180 Å². The number of carbonyl (C=O) groups excluding carboxylic acids is 1. The molecule has 29 heavy (non-hydrogen) atoms. The van der Waals surface area contributed by atoms with Crippen LogP contribution in [-0.2, 0) is 4.79 Å². The molecule has 154 valence electrons. The molecule has 0 spiro atoms. The molecule has 1 aromatic carbocycles. The van der Waals surface area contributed by atoms with E-state index in [1.54, 1.807) is 18.3 Å². The highest BCUT2D eigenvalue weighted by Crippen LogP contribution is 2.38. The zero-order chi connectivity index (χ0) is 20.5. The number of nitrogens with zero attached hydrogens (tertiary/aromatic N) is 2. The highest BCUT2D eigenvalue weighted by atomic mass is 35.5. The van der Waals surface area contributed by atoms with Crippen LogP contribution in [-0.4, -0.2) is 48.1 Å². The predicted octanol–water partition coefficient (Wildman–Crippen LogP) is 3.20. The van der Waals surface area contributed by atoms with Gasteiger partial charge in [0, 0.05) is 44.1 Å². The van der Waals surface area contributed by atoms with E-state index in [-0.39, 0.29) is 29.8 Å². The summed E-state index contributed by atoms with van der Waals surface area (Å²) in [5.74, 6) is 0.994. The van der Waals surface area contributed by atoms with Crippen LogP contribution in [0.3, 0.4) is 0 Å². The van der Waals surface area contributed by atoms with Crippen molar-refractivity contribution in [1.82, 2.24) is 15.2 Å². The van der Waals surface area contributed by atoms with Crippen molar-refractivity contribution in [1.29, 1.82) is 0 Å². The highest BCUT2D eigenvalue weighted by Gasteiger charge is 2.42. The molecule has 0 radical (unpaired) electrons. The Hall–Kier alpha value is -2.02. The predicted molar refractivity (Wildman–Crippen MR) is 114 cm³/mol. The Bertz CT molecular complexity index is 889. The number of amides is 1. The summed E-state index contributed by atoms with van der Waals surface area (Å²) in [6, 6.07) is 9.22. The molecular weight excluding hydrogens is 411 g/mol. The first kappa shape index (κ1) is 20.3. The average molecular weight is 435 g/mol. The number of benzene rings is 1. The number of hydrogen-bond acceptors (Lipinski definition) is 5. The minimum Gasteiger partial charge on any atom is -0.474 e. The van der Waals surface area contributed by atoms with Crippen molar-refractivity contribution in [3.8, 4) is 5.88 Å². The summed E-state index contributed by atoms with van der Waals surface area (Å²) >= 11 is 12.4. The SMILES string of the molecule is C[C@H](Oc1ccc(N)cn1)[C@H]1CN(C(=O)C2CNC2)C[C@@H]1c1ccc(Cl)c(Cl)c1. The van der Waals surface area contributed by atoms with E-state index >= 15 is 0 Å². The molecule has 2 saturated heterocycles. The van der Waals surface area contributed by atoms with E-state index in [9.17, 15) is 4.79 Å². The van der Waals surface area contributed by atoms with Crippen molar-refractivity contribution in [2.24, 2.45) is 11.8 Å². The molecule has 0 aliphatic carbocycles. The van der Waals surface area contributed by atoms with Gasteiger partial charge in [0.15, 0.2) is 0 Å². The van der Waals surface area contributed by atoms with Gasteiger partial charge in [0.05, 0.1) is 27.8 Å². The molecule has 0 unspecified atom stereocenters. The van der Waals surface area contributed by atoms with Gasteiger partial charge in [-0.05, 0) is 30.7 Å². The first-order valence-electron chi connectivity index (χ1n) is 9.75. The summed E-state index contributed by atoms with van der Waals surface area (Å²) in [6.45, 7) is 4.79. The van der Waals surface area contributed by atoms with Crippen LogP contribution in [0.25, 0.3) is 0 Å². The standard InChI is InChI=1S/C21H24Cl2N4O2/c1-12(29-20-5-3-15(24)9-26-20)16-10-27(21(28)14-7-25-8-14)11-17(16)13-2-4-18(22)19(23)6-13/h2-6,9,12,14,16-17,25H,7-8,10-11,24H2,1H3/t12-,16+,17+/m0/s1. The van der Waals surface area contributed by atoms with Crippen molar-refractivity contribution >= 4 is 34.8 Å². The van der Waals surface area contributed by atoms with E-state index in [0.717, 1.165) is 18.7 Å². The summed E-state index contributed by atoms with van der Waals surface area (Å²) in [5.41, 5.74) is 7.36. The fraction of sp³-hybridized carbons (Fsp3) is 0.429. The topological polar surface area (TPSA) is 80.5 Å². The molecule has 2 aromatic rings. The van der Waals surface area contributed by atoms with E-state index in [2.05, 4.69) is 10.3 Å². The molecule has 4 rings (SSSR count). The van der Waals surface area contributed by atoms with E-state index in [4.69, 9.17) is 33.7 Å². The van der Waals surface area contributed by atoms with E-state index in [0.29, 0.717) is 34.7 Å². The minimum atomic E-state index is -0.150. The minimum absolute atomic E-state index is 0.0678. The maximum Gasteiger partial charge on any atom is 0.228 e. The second-order valence-corrected chi connectivity index (χ2v) is 8.61. The van der Waals surface area contributed by atoms with E-state index in [1.165, 1.54) is 0 Å². The normalized spacial score (nSPS) is 22.9. The smallest absolute Gasteiger partial charge is 0.228 e. The molecule has 1 aromatic heterocycles. The van der Waals surface area contributed by atoms with Crippen molar-refractivity contribution in [3.63, 3.8) is 0 Å². The zero-order valence-corrected chi connectivity index (χ0v) is 17.7. The lowest BCUT2D eigenvalue weighted by atomic mass is 9.86. The highest BCUT2D eigenvalue weighted by molar-refractivity contribution is 6.42. The van der Waals surface area contributed by atoms with Gasteiger partial charge in [0.25, 0.3) is 0 Å². The van der Waals surface area contributed by atoms with Crippen LogP contribution in [0.1, 0.15) is 18.4 Å². The van der Waals surface area contributed by atoms with Crippen LogP contribution in [0.15, 0.2) is 36.5 Å². The molecule has 2 aliphatic rings. The first-order valence-corrected chi connectivity index (χ1v) is 10.5. The van der Waals surface area contributed by atoms with Gasteiger partial charge in [0.1, 0.15) is 6.10 Å². The second kappa shape index (κ2) is 8.38. The van der Waals surface area contributed by atoms with Gasteiger partial charge in [-0.3, -0.25) is 4.79 Å². The number of hydrogen-bond donors (Lipinski definition) is 2. The molecule has 3 heterocycles. The van der Waals surface area contributed by atoms with Crippen LogP contribution in [0.4, 0.5) is 5.69 Å². The van der Waals surface area contributed by atoms with Gasteiger partial charge in [-0.25, -0.2) is 4.98 Å². The quantitative estimate of drug-likeness (QED) is 0.754. The second-order valence-electron chi connectivity index (χ2n) is 7.80. The van der Waals surface area contributed by atoms with Crippen molar-refractivity contribution in [2.45, 2.75) is 18.9 Å².